The molecule has 2 rings (SSSR count). The average molecular weight is 325 g/mol. The van der Waals surface area contributed by atoms with Gasteiger partial charge in [-0.3, -0.25) is 0 Å². The number of carbonyl (C=O) groups is 1. The Kier molecular flexibility index (Phi) is 5.99. The van der Waals surface area contributed by atoms with Crippen molar-refractivity contribution in [1.29, 1.82) is 0 Å². The monoisotopic (exact) mass is 324 g/mol. The van der Waals surface area contributed by atoms with Crippen LogP contribution in [0.15, 0.2) is 0 Å². The average Bonchev–Trinajstić information content (AvgIpc) is 2.44. The van der Waals surface area contributed by atoms with Crippen molar-refractivity contribution in [2.45, 2.75) is 84.8 Å². The summed E-state index contributed by atoms with van der Waals surface area (Å²) in [5.41, 5.74) is -0.101. The van der Waals surface area contributed by atoms with Gasteiger partial charge < -0.3 is 15.0 Å². The highest BCUT2D eigenvalue weighted by Gasteiger charge is 2.34. The highest BCUT2D eigenvalue weighted by molar-refractivity contribution is 5.68. The fraction of sp³-hybridized carbons (Fsp3) is 0.947. The van der Waals surface area contributed by atoms with Crippen molar-refractivity contribution in [2.75, 3.05) is 19.6 Å². The normalized spacial score (nSPS) is 28.5. The van der Waals surface area contributed by atoms with Crippen molar-refractivity contribution >= 4 is 6.09 Å². The molecule has 0 aromatic heterocycles. The number of nitrogens with one attached hydrogen (secondary N) is 1. The molecule has 1 N–H and O–H groups in total. The molecule has 1 aliphatic carbocycles. The van der Waals surface area contributed by atoms with Crippen LogP contribution in [0.1, 0.15) is 73.1 Å². The van der Waals surface area contributed by atoms with E-state index >= 15 is 0 Å². The lowest BCUT2D eigenvalue weighted by atomic mass is 9.79. The third-order valence-electron chi connectivity index (χ3n) is 5.38. The summed E-state index contributed by atoms with van der Waals surface area (Å²) in [5.74, 6) is 0.864. The van der Waals surface area contributed by atoms with Crippen molar-refractivity contribution in [3.8, 4) is 0 Å². The van der Waals surface area contributed by atoms with E-state index in [1.165, 1.54) is 25.7 Å². The number of piperidine rings is 1. The summed E-state index contributed by atoms with van der Waals surface area (Å²) < 4.78 is 5.48. The first-order valence-corrected chi connectivity index (χ1v) is 9.38. The lowest BCUT2D eigenvalue weighted by Gasteiger charge is -2.41. The quantitative estimate of drug-likeness (QED) is 0.846. The molecule has 134 valence electrons. The molecule has 1 saturated carbocycles. The maximum atomic E-state index is 12.2. The van der Waals surface area contributed by atoms with Crippen LogP contribution in [0.25, 0.3) is 0 Å². The first-order valence-electron chi connectivity index (χ1n) is 9.38. The predicted molar refractivity (Wildman–Crippen MR) is 94.6 cm³/mol. The number of carbonyl (C=O) groups excluding carboxylic acids is 1. The molecule has 4 nitrogen and oxygen atoms in total. The molecule has 2 aliphatic rings. The number of ether oxygens (including phenoxy) is 1. The number of nitrogens with zero attached hydrogens (tertiary/aromatic N) is 1. The van der Waals surface area contributed by atoms with Crippen molar-refractivity contribution in [2.24, 2.45) is 11.3 Å². The molecule has 2 fully saturated rings. The molecule has 2 atom stereocenters. The second-order valence-corrected chi connectivity index (χ2v) is 9.13. The topological polar surface area (TPSA) is 41.6 Å². The second-order valence-electron chi connectivity index (χ2n) is 9.13. The van der Waals surface area contributed by atoms with Gasteiger partial charge in [-0.05, 0) is 57.8 Å². The summed E-state index contributed by atoms with van der Waals surface area (Å²) in [4.78, 5) is 14.0. The zero-order chi connectivity index (χ0) is 17.1. The van der Waals surface area contributed by atoms with E-state index in [4.69, 9.17) is 4.74 Å². The summed E-state index contributed by atoms with van der Waals surface area (Å²) in [6.45, 7) is 13.2. The van der Waals surface area contributed by atoms with Gasteiger partial charge in [0.15, 0.2) is 0 Å². The van der Waals surface area contributed by atoms with Crippen LogP contribution in [0.5, 0.6) is 0 Å². The van der Waals surface area contributed by atoms with E-state index in [0.717, 1.165) is 38.4 Å². The van der Waals surface area contributed by atoms with Gasteiger partial charge in [-0.2, -0.15) is 0 Å². The number of rotatable bonds is 3. The molecule has 0 aromatic carbocycles. The van der Waals surface area contributed by atoms with Crippen LogP contribution in [0.2, 0.25) is 0 Å². The van der Waals surface area contributed by atoms with E-state index < -0.39 is 5.60 Å². The standard InChI is InChI=1S/C19H36N2O2/c1-15-7-6-8-16(13-15)20-14-19(5)9-11-21(12-10-19)17(22)23-18(2,3)4/h15-16,20H,6-14H2,1-5H3. The van der Waals surface area contributed by atoms with Gasteiger partial charge >= 0.3 is 6.09 Å². The fourth-order valence-corrected chi connectivity index (χ4v) is 3.74. The van der Waals surface area contributed by atoms with Gasteiger partial charge in [0.2, 0.25) is 0 Å². The van der Waals surface area contributed by atoms with Gasteiger partial charge in [-0.15, -0.1) is 0 Å². The molecule has 23 heavy (non-hydrogen) atoms. The fourth-order valence-electron chi connectivity index (χ4n) is 3.74. The molecular weight excluding hydrogens is 288 g/mol. The van der Waals surface area contributed by atoms with Crippen LogP contribution in [0.4, 0.5) is 4.79 Å². The summed E-state index contributed by atoms with van der Waals surface area (Å²) in [6, 6.07) is 0.694. The zero-order valence-electron chi connectivity index (χ0n) is 15.8. The molecule has 0 radical (unpaired) electrons. The minimum atomic E-state index is -0.406. The summed E-state index contributed by atoms with van der Waals surface area (Å²) >= 11 is 0. The molecular formula is C19H36N2O2. The Balaban J connectivity index is 1.75. The van der Waals surface area contributed by atoms with Crippen LogP contribution in [0.3, 0.4) is 0 Å². The number of likely N-dealkylation sites (tertiary alicyclic amines) is 1. The van der Waals surface area contributed by atoms with Crippen molar-refractivity contribution in [3.63, 3.8) is 0 Å². The van der Waals surface area contributed by atoms with E-state index in [2.05, 4.69) is 19.2 Å². The van der Waals surface area contributed by atoms with Gasteiger partial charge in [0, 0.05) is 25.7 Å². The Morgan fingerprint density at radius 2 is 1.91 bits per heavy atom. The molecule has 0 spiro atoms. The molecule has 0 bridgehead atoms. The van der Waals surface area contributed by atoms with Gasteiger partial charge in [-0.1, -0.05) is 26.7 Å². The maximum Gasteiger partial charge on any atom is 0.410 e. The van der Waals surface area contributed by atoms with Gasteiger partial charge in [0.25, 0.3) is 0 Å². The Hall–Kier alpha value is -0.770. The zero-order valence-corrected chi connectivity index (χ0v) is 15.8. The lowest BCUT2D eigenvalue weighted by molar-refractivity contribution is 0.0115. The third kappa shape index (κ3) is 5.98. The van der Waals surface area contributed by atoms with Crippen LogP contribution < -0.4 is 5.32 Å². The number of amides is 1. The minimum Gasteiger partial charge on any atom is -0.444 e. The first kappa shape index (κ1) is 18.6. The van der Waals surface area contributed by atoms with E-state index in [0.29, 0.717) is 11.5 Å². The van der Waals surface area contributed by atoms with Crippen molar-refractivity contribution in [3.05, 3.63) is 0 Å². The van der Waals surface area contributed by atoms with Crippen LogP contribution >= 0.6 is 0 Å². The third-order valence-corrected chi connectivity index (χ3v) is 5.38. The first-order chi connectivity index (χ1) is 10.7. The highest BCUT2D eigenvalue weighted by Crippen LogP contribution is 2.32. The van der Waals surface area contributed by atoms with E-state index in [-0.39, 0.29) is 6.09 Å². The second kappa shape index (κ2) is 7.42. The molecule has 1 saturated heterocycles. The Morgan fingerprint density at radius 1 is 1.26 bits per heavy atom. The highest BCUT2D eigenvalue weighted by atomic mass is 16.6. The van der Waals surface area contributed by atoms with Crippen LogP contribution in [0, 0.1) is 11.3 Å². The number of hydrogen-bond acceptors (Lipinski definition) is 3. The SMILES string of the molecule is CC1CCCC(NCC2(C)CCN(C(=O)OC(C)(C)C)CC2)C1. The Morgan fingerprint density at radius 3 is 2.48 bits per heavy atom. The van der Waals surface area contributed by atoms with Gasteiger partial charge in [0.1, 0.15) is 5.60 Å². The van der Waals surface area contributed by atoms with Crippen molar-refractivity contribution < 1.29 is 9.53 Å². The summed E-state index contributed by atoms with van der Waals surface area (Å²) in [6.07, 6.45) is 7.35. The number of hydrogen-bond donors (Lipinski definition) is 1. The van der Waals surface area contributed by atoms with E-state index in [1.807, 2.05) is 25.7 Å². The van der Waals surface area contributed by atoms with Gasteiger partial charge in [0.05, 0.1) is 0 Å². The molecule has 2 unspecified atom stereocenters. The minimum absolute atomic E-state index is 0.159. The Bertz CT molecular complexity index is 395. The van der Waals surface area contributed by atoms with E-state index in [1.54, 1.807) is 0 Å². The van der Waals surface area contributed by atoms with Crippen LogP contribution in [-0.4, -0.2) is 42.3 Å². The van der Waals surface area contributed by atoms with E-state index in [9.17, 15) is 4.79 Å². The largest absolute Gasteiger partial charge is 0.444 e. The lowest BCUT2D eigenvalue weighted by Crippen LogP contribution is -2.48. The van der Waals surface area contributed by atoms with Crippen LogP contribution in [-0.2, 0) is 4.74 Å². The smallest absolute Gasteiger partial charge is 0.410 e. The van der Waals surface area contributed by atoms with Gasteiger partial charge in [-0.25, -0.2) is 4.79 Å². The molecule has 1 aliphatic heterocycles. The molecule has 0 aromatic rings. The molecule has 1 heterocycles. The predicted octanol–water partition coefficient (Wildman–Crippen LogP) is 4.19. The molecule has 4 heteroatoms. The summed E-state index contributed by atoms with van der Waals surface area (Å²) in [7, 11) is 0. The van der Waals surface area contributed by atoms with Crippen molar-refractivity contribution in [1.82, 2.24) is 10.2 Å². The Labute approximate surface area is 142 Å². The maximum absolute atomic E-state index is 12.2. The molecule has 1 amide bonds. The summed E-state index contributed by atoms with van der Waals surface area (Å²) in [5, 5.41) is 3.81.